The van der Waals surface area contributed by atoms with Crippen molar-refractivity contribution >= 4 is 5.91 Å². The summed E-state index contributed by atoms with van der Waals surface area (Å²) in [5.41, 5.74) is 5.89. The molecular weight excluding hydrogens is 268 g/mol. The summed E-state index contributed by atoms with van der Waals surface area (Å²) in [6, 6.07) is 3.02. The molecule has 3 N–H and O–H groups in total. The molecule has 6 nitrogen and oxygen atoms in total. The monoisotopic (exact) mass is 292 g/mol. The summed E-state index contributed by atoms with van der Waals surface area (Å²) in [5, 5.41) is 0. The Balaban J connectivity index is 1.96. The molecule has 1 unspecified atom stereocenters. The van der Waals surface area contributed by atoms with Gasteiger partial charge in [0.15, 0.2) is 0 Å². The standard InChI is InChI=1S/C15H24N4O2/c1-12(10-16)11-18-5-2-6-19(8-7-18)15(21)13-3-4-17-14(20)9-13/h3-4,9,12H,2,5-8,10-11,16H2,1H3,(H,17,20). The van der Waals surface area contributed by atoms with Gasteiger partial charge in [-0.15, -0.1) is 0 Å². The topological polar surface area (TPSA) is 82.4 Å². The molecule has 116 valence electrons. The number of carbonyl (C=O) groups excluding carboxylic acids is 1. The maximum atomic E-state index is 12.4. The van der Waals surface area contributed by atoms with Crippen LogP contribution in [-0.2, 0) is 0 Å². The first-order valence-electron chi connectivity index (χ1n) is 7.50. The van der Waals surface area contributed by atoms with Gasteiger partial charge >= 0.3 is 0 Å². The fourth-order valence-electron chi connectivity index (χ4n) is 2.63. The second kappa shape index (κ2) is 7.38. The van der Waals surface area contributed by atoms with Gasteiger partial charge in [0.05, 0.1) is 0 Å². The fourth-order valence-corrected chi connectivity index (χ4v) is 2.63. The fraction of sp³-hybridized carbons (Fsp3) is 0.600. The predicted molar refractivity (Wildman–Crippen MR) is 82.2 cm³/mol. The highest BCUT2D eigenvalue weighted by Gasteiger charge is 2.21. The van der Waals surface area contributed by atoms with E-state index in [1.165, 1.54) is 12.3 Å². The quantitative estimate of drug-likeness (QED) is 0.825. The van der Waals surface area contributed by atoms with Crippen molar-refractivity contribution in [3.05, 3.63) is 34.2 Å². The summed E-state index contributed by atoms with van der Waals surface area (Å²) in [6.07, 6.45) is 2.47. The van der Waals surface area contributed by atoms with Gasteiger partial charge in [0.25, 0.3) is 5.91 Å². The molecule has 0 saturated carbocycles. The van der Waals surface area contributed by atoms with Crippen molar-refractivity contribution in [2.45, 2.75) is 13.3 Å². The van der Waals surface area contributed by atoms with Crippen LogP contribution >= 0.6 is 0 Å². The Morgan fingerprint density at radius 2 is 2.19 bits per heavy atom. The predicted octanol–water partition coefficient (Wildman–Crippen LogP) is 0.118. The van der Waals surface area contributed by atoms with Crippen LogP contribution in [0.4, 0.5) is 0 Å². The van der Waals surface area contributed by atoms with Crippen LogP contribution < -0.4 is 11.3 Å². The molecule has 0 aliphatic carbocycles. The number of carbonyl (C=O) groups is 1. The van der Waals surface area contributed by atoms with Gasteiger partial charge in [0.1, 0.15) is 0 Å². The largest absolute Gasteiger partial charge is 0.337 e. The number of nitrogens with zero attached hydrogens (tertiary/aromatic N) is 2. The number of aromatic amines is 1. The average Bonchev–Trinajstić information content (AvgIpc) is 2.72. The number of rotatable bonds is 4. The average molecular weight is 292 g/mol. The van der Waals surface area contributed by atoms with Gasteiger partial charge in [-0.25, -0.2) is 0 Å². The number of nitrogens with two attached hydrogens (primary N) is 1. The van der Waals surface area contributed by atoms with E-state index in [2.05, 4.69) is 16.8 Å². The number of hydrogen-bond donors (Lipinski definition) is 2. The van der Waals surface area contributed by atoms with E-state index >= 15 is 0 Å². The van der Waals surface area contributed by atoms with E-state index in [-0.39, 0.29) is 11.5 Å². The number of H-pyrrole nitrogens is 1. The highest BCUT2D eigenvalue weighted by atomic mass is 16.2. The molecule has 1 aromatic rings. The van der Waals surface area contributed by atoms with Crippen LogP contribution in [0.2, 0.25) is 0 Å². The van der Waals surface area contributed by atoms with E-state index < -0.39 is 0 Å². The molecule has 1 aromatic heterocycles. The Hall–Kier alpha value is -1.66. The van der Waals surface area contributed by atoms with E-state index in [1.807, 2.05) is 4.90 Å². The van der Waals surface area contributed by atoms with Gasteiger partial charge in [0.2, 0.25) is 5.56 Å². The van der Waals surface area contributed by atoms with E-state index in [0.717, 1.165) is 32.6 Å². The molecule has 21 heavy (non-hydrogen) atoms. The van der Waals surface area contributed by atoms with Gasteiger partial charge in [-0.2, -0.15) is 0 Å². The van der Waals surface area contributed by atoms with E-state index in [9.17, 15) is 9.59 Å². The zero-order valence-electron chi connectivity index (χ0n) is 12.5. The van der Waals surface area contributed by atoms with Crippen molar-refractivity contribution in [3.63, 3.8) is 0 Å². The first-order chi connectivity index (χ1) is 10.1. The lowest BCUT2D eigenvalue weighted by atomic mass is 10.1. The van der Waals surface area contributed by atoms with Crippen molar-refractivity contribution in [2.75, 3.05) is 39.3 Å². The summed E-state index contributed by atoms with van der Waals surface area (Å²) in [5.74, 6) is 0.412. The van der Waals surface area contributed by atoms with Crippen LogP contribution in [0.25, 0.3) is 0 Å². The van der Waals surface area contributed by atoms with Crippen molar-refractivity contribution in [3.8, 4) is 0 Å². The number of nitrogens with one attached hydrogen (secondary N) is 1. The van der Waals surface area contributed by atoms with Gasteiger partial charge in [-0.05, 0) is 31.5 Å². The minimum absolute atomic E-state index is 0.0603. The summed E-state index contributed by atoms with van der Waals surface area (Å²) >= 11 is 0. The van der Waals surface area contributed by atoms with Gasteiger partial charge in [0, 0.05) is 44.0 Å². The summed E-state index contributed by atoms with van der Waals surface area (Å²) in [6.45, 7) is 7.09. The lowest BCUT2D eigenvalue weighted by molar-refractivity contribution is 0.0760. The molecule has 1 atom stereocenters. The first-order valence-corrected chi connectivity index (χ1v) is 7.50. The maximum Gasteiger partial charge on any atom is 0.254 e. The Morgan fingerprint density at radius 1 is 1.38 bits per heavy atom. The summed E-state index contributed by atoms with van der Waals surface area (Å²) in [4.78, 5) is 30.5. The van der Waals surface area contributed by atoms with Crippen molar-refractivity contribution in [2.24, 2.45) is 11.7 Å². The number of aromatic nitrogens is 1. The molecule has 6 heteroatoms. The molecule has 1 fully saturated rings. The third-order valence-electron chi connectivity index (χ3n) is 3.87. The van der Waals surface area contributed by atoms with Gasteiger partial charge in [-0.3, -0.25) is 9.59 Å². The molecule has 2 heterocycles. The zero-order chi connectivity index (χ0) is 15.2. The maximum absolute atomic E-state index is 12.4. The van der Waals surface area contributed by atoms with Crippen LogP contribution in [0.5, 0.6) is 0 Å². The van der Waals surface area contributed by atoms with Crippen molar-refractivity contribution < 1.29 is 4.79 Å². The molecule has 0 radical (unpaired) electrons. The summed E-state index contributed by atoms with van der Waals surface area (Å²) in [7, 11) is 0. The minimum atomic E-state index is -0.242. The van der Waals surface area contributed by atoms with Crippen LogP contribution in [0.15, 0.2) is 23.1 Å². The second-order valence-corrected chi connectivity index (χ2v) is 5.73. The normalized spacial score (nSPS) is 18.3. The molecule has 1 aliphatic heterocycles. The van der Waals surface area contributed by atoms with Crippen LogP contribution in [0, 0.1) is 5.92 Å². The summed E-state index contributed by atoms with van der Waals surface area (Å²) < 4.78 is 0. The third kappa shape index (κ3) is 4.41. The van der Waals surface area contributed by atoms with Crippen LogP contribution in [-0.4, -0.2) is 60.0 Å². The second-order valence-electron chi connectivity index (χ2n) is 5.73. The lowest BCUT2D eigenvalue weighted by Gasteiger charge is -2.24. The molecule has 1 saturated heterocycles. The van der Waals surface area contributed by atoms with Crippen LogP contribution in [0.3, 0.4) is 0 Å². The van der Waals surface area contributed by atoms with Crippen LogP contribution in [0.1, 0.15) is 23.7 Å². The third-order valence-corrected chi connectivity index (χ3v) is 3.87. The number of pyridine rings is 1. The number of amides is 1. The molecule has 0 spiro atoms. The number of hydrogen-bond acceptors (Lipinski definition) is 4. The van der Waals surface area contributed by atoms with E-state index in [4.69, 9.17) is 5.73 Å². The SMILES string of the molecule is CC(CN)CN1CCCN(C(=O)c2cc[nH]c(=O)c2)CC1. The highest BCUT2D eigenvalue weighted by Crippen LogP contribution is 2.09. The molecular formula is C15H24N4O2. The Bertz CT molecular complexity index is 528. The molecule has 0 aromatic carbocycles. The lowest BCUT2D eigenvalue weighted by Crippen LogP contribution is -2.37. The Kier molecular flexibility index (Phi) is 5.52. The van der Waals surface area contributed by atoms with Crippen molar-refractivity contribution in [1.82, 2.24) is 14.8 Å². The minimum Gasteiger partial charge on any atom is -0.337 e. The van der Waals surface area contributed by atoms with E-state index in [1.54, 1.807) is 6.07 Å². The molecule has 1 aliphatic rings. The zero-order valence-corrected chi connectivity index (χ0v) is 12.5. The Labute approximate surface area is 124 Å². The highest BCUT2D eigenvalue weighted by molar-refractivity contribution is 5.94. The first kappa shape index (κ1) is 15.7. The van der Waals surface area contributed by atoms with Gasteiger partial charge in [-0.1, -0.05) is 6.92 Å². The van der Waals surface area contributed by atoms with Crippen molar-refractivity contribution in [1.29, 1.82) is 0 Å². The molecule has 1 amide bonds. The molecule has 2 rings (SSSR count). The Morgan fingerprint density at radius 3 is 2.90 bits per heavy atom. The van der Waals surface area contributed by atoms with Gasteiger partial charge < -0.3 is 20.5 Å². The smallest absolute Gasteiger partial charge is 0.254 e. The van der Waals surface area contributed by atoms with E-state index in [0.29, 0.717) is 24.6 Å². The molecule has 0 bridgehead atoms.